The number of halogens is 1. The minimum Gasteiger partial charge on any atom is -0.352 e. The number of aryl methyl sites for hydroxylation is 1. The Kier molecular flexibility index (Phi) is 4.97. The molecular weight excluding hydrogens is 443 g/mol. The molecule has 5 aromatic rings. The minimum absolute atomic E-state index is 0.000466. The quantitative estimate of drug-likeness (QED) is 0.433. The lowest BCUT2D eigenvalue weighted by atomic mass is 10.0. The van der Waals surface area contributed by atoms with Gasteiger partial charge >= 0.3 is 0 Å². The van der Waals surface area contributed by atoms with Gasteiger partial charge in [0.1, 0.15) is 11.9 Å². The number of fused-ring (bicyclic) bond motifs is 2. The molecular formula is C26H23FN8. The Morgan fingerprint density at radius 1 is 1.17 bits per heavy atom. The molecule has 0 radical (unpaired) electrons. The fraction of sp³-hybridized carbons (Fsp3) is 0.231. The molecule has 0 spiro atoms. The van der Waals surface area contributed by atoms with Gasteiger partial charge in [-0.05, 0) is 37.1 Å². The van der Waals surface area contributed by atoms with Crippen LogP contribution < -0.4 is 10.6 Å². The van der Waals surface area contributed by atoms with Gasteiger partial charge in [0.15, 0.2) is 11.5 Å². The van der Waals surface area contributed by atoms with Gasteiger partial charge in [0.25, 0.3) is 0 Å². The van der Waals surface area contributed by atoms with Crippen molar-refractivity contribution in [2.45, 2.75) is 18.9 Å². The van der Waals surface area contributed by atoms with Gasteiger partial charge in [-0.3, -0.25) is 9.08 Å². The molecule has 2 N–H and O–H groups in total. The monoisotopic (exact) mass is 466 g/mol. The van der Waals surface area contributed by atoms with Gasteiger partial charge in [0.05, 0.1) is 28.7 Å². The van der Waals surface area contributed by atoms with Gasteiger partial charge in [0, 0.05) is 55.1 Å². The van der Waals surface area contributed by atoms with Crippen molar-refractivity contribution in [3.63, 3.8) is 0 Å². The molecule has 0 unspecified atom stereocenters. The number of imidazole rings is 1. The summed E-state index contributed by atoms with van der Waals surface area (Å²) in [6, 6.07) is 12.7. The second kappa shape index (κ2) is 8.18. The Morgan fingerprint density at radius 2 is 2.03 bits per heavy atom. The number of nitrogens with zero attached hydrogens (tertiary/aromatic N) is 7. The maximum atomic E-state index is 14.6. The summed E-state index contributed by atoms with van der Waals surface area (Å²) in [4.78, 5) is 11.8. The van der Waals surface area contributed by atoms with Crippen molar-refractivity contribution in [3.8, 4) is 28.6 Å². The second-order valence-corrected chi connectivity index (χ2v) is 8.95. The molecule has 35 heavy (non-hydrogen) atoms. The van der Waals surface area contributed by atoms with Gasteiger partial charge in [-0.15, -0.1) is 0 Å². The van der Waals surface area contributed by atoms with E-state index in [9.17, 15) is 9.65 Å². The van der Waals surface area contributed by atoms with Crippen molar-refractivity contribution < 1.29 is 4.39 Å². The summed E-state index contributed by atoms with van der Waals surface area (Å²) >= 11 is 0. The molecule has 2 aromatic carbocycles. The Bertz CT molecular complexity index is 1630. The average Bonchev–Trinajstić information content (AvgIpc) is 3.44. The van der Waals surface area contributed by atoms with Crippen LogP contribution in [0.2, 0.25) is 0 Å². The molecule has 0 amide bonds. The third-order valence-corrected chi connectivity index (χ3v) is 6.66. The number of aromatic nitrogens is 5. The topological polar surface area (TPSA) is 101 Å². The largest absolute Gasteiger partial charge is 0.352 e. The van der Waals surface area contributed by atoms with E-state index in [0.717, 1.165) is 47.4 Å². The predicted octanol–water partition coefficient (Wildman–Crippen LogP) is 3.89. The second-order valence-electron chi connectivity index (χ2n) is 8.95. The van der Waals surface area contributed by atoms with Gasteiger partial charge < -0.3 is 10.6 Å². The van der Waals surface area contributed by atoms with Crippen LogP contribution in [-0.4, -0.2) is 43.3 Å². The fourth-order valence-electron chi connectivity index (χ4n) is 4.93. The molecule has 1 aliphatic heterocycles. The van der Waals surface area contributed by atoms with Crippen LogP contribution in [0.15, 0.2) is 55.0 Å². The van der Waals surface area contributed by atoms with E-state index in [1.165, 1.54) is 12.1 Å². The molecule has 1 fully saturated rings. The molecule has 4 heterocycles. The summed E-state index contributed by atoms with van der Waals surface area (Å²) in [5.41, 5.74) is 10.9. The van der Waals surface area contributed by atoms with E-state index >= 15 is 0 Å². The van der Waals surface area contributed by atoms with Crippen molar-refractivity contribution in [2.75, 3.05) is 18.0 Å². The summed E-state index contributed by atoms with van der Waals surface area (Å²) < 4.78 is 18.5. The first-order chi connectivity index (χ1) is 17.0. The first-order valence-electron chi connectivity index (χ1n) is 11.5. The highest BCUT2D eigenvalue weighted by molar-refractivity contribution is 5.90. The van der Waals surface area contributed by atoms with E-state index in [1.54, 1.807) is 12.3 Å². The highest BCUT2D eigenvalue weighted by atomic mass is 19.1. The van der Waals surface area contributed by atoms with Gasteiger partial charge in [-0.1, -0.05) is 12.1 Å². The van der Waals surface area contributed by atoms with E-state index in [0.29, 0.717) is 23.4 Å². The average molecular weight is 467 g/mol. The molecule has 0 bridgehead atoms. The van der Waals surface area contributed by atoms with Crippen LogP contribution in [0.4, 0.5) is 10.2 Å². The number of nitrogens with two attached hydrogens (primary N) is 1. The van der Waals surface area contributed by atoms with E-state index < -0.39 is 5.82 Å². The van der Waals surface area contributed by atoms with Crippen LogP contribution in [0.5, 0.6) is 0 Å². The smallest absolute Gasteiger partial charge is 0.181 e. The van der Waals surface area contributed by atoms with E-state index in [-0.39, 0.29) is 11.6 Å². The van der Waals surface area contributed by atoms with Crippen molar-refractivity contribution in [1.82, 2.24) is 24.1 Å². The molecule has 3 aromatic heterocycles. The summed E-state index contributed by atoms with van der Waals surface area (Å²) in [7, 11) is 1.91. The van der Waals surface area contributed by atoms with Crippen LogP contribution in [0, 0.1) is 17.1 Å². The highest BCUT2D eigenvalue weighted by Crippen LogP contribution is 2.37. The maximum absolute atomic E-state index is 14.6. The van der Waals surface area contributed by atoms with E-state index in [2.05, 4.69) is 21.0 Å². The standard InChI is InChI=1S/C26H23FN8/c1-33-22-7-6-17(11-19(22)14-31-33)24-23(16-4-5-18(13-28)21(27)12-16)32-26-25(30-8-10-35(24)26)34-9-2-3-20(29)15-34/h4-8,10-12,14,20H,2-3,9,15,29H2,1H3/t20-/m1/s1. The molecule has 1 atom stereocenters. The van der Waals surface area contributed by atoms with Crippen LogP contribution in [0.3, 0.4) is 0 Å². The maximum Gasteiger partial charge on any atom is 0.181 e. The SMILES string of the molecule is Cn1ncc2cc(-c3c(-c4ccc(C#N)c(F)c4)nc4c(N5CCC[C@@H](N)C5)nccn34)ccc21. The number of rotatable bonds is 3. The molecule has 1 aliphatic rings. The lowest BCUT2D eigenvalue weighted by Crippen LogP contribution is -2.43. The van der Waals surface area contributed by atoms with Crippen molar-refractivity contribution >= 4 is 22.4 Å². The van der Waals surface area contributed by atoms with Gasteiger partial charge in [-0.25, -0.2) is 14.4 Å². The zero-order valence-corrected chi connectivity index (χ0v) is 19.2. The predicted molar refractivity (Wildman–Crippen MR) is 132 cm³/mol. The van der Waals surface area contributed by atoms with Gasteiger partial charge in [-0.2, -0.15) is 10.4 Å². The van der Waals surface area contributed by atoms with Crippen molar-refractivity contribution in [3.05, 3.63) is 66.4 Å². The molecule has 1 saturated heterocycles. The molecule has 0 aliphatic carbocycles. The number of benzene rings is 2. The lowest BCUT2D eigenvalue weighted by Gasteiger charge is -2.31. The summed E-state index contributed by atoms with van der Waals surface area (Å²) in [6.45, 7) is 1.56. The van der Waals surface area contributed by atoms with Crippen LogP contribution in [-0.2, 0) is 7.05 Å². The third kappa shape index (κ3) is 3.50. The Balaban J connectivity index is 1.61. The van der Waals surface area contributed by atoms with Crippen molar-refractivity contribution in [1.29, 1.82) is 5.26 Å². The Labute approximate surface area is 201 Å². The third-order valence-electron chi connectivity index (χ3n) is 6.66. The van der Waals surface area contributed by atoms with Crippen LogP contribution in [0.25, 0.3) is 39.1 Å². The zero-order chi connectivity index (χ0) is 24.1. The fourth-order valence-corrected chi connectivity index (χ4v) is 4.93. The molecule has 9 heteroatoms. The van der Waals surface area contributed by atoms with Gasteiger partial charge in [0.2, 0.25) is 0 Å². The molecule has 174 valence electrons. The minimum atomic E-state index is -0.573. The summed E-state index contributed by atoms with van der Waals surface area (Å²) in [5.74, 6) is 0.183. The Morgan fingerprint density at radius 3 is 2.83 bits per heavy atom. The number of nitriles is 1. The lowest BCUT2D eigenvalue weighted by molar-refractivity contribution is 0.503. The first-order valence-corrected chi connectivity index (χ1v) is 11.5. The molecule has 8 nitrogen and oxygen atoms in total. The zero-order valence-electron chi connectivity index (χ0n) is 19.2. The number of hydrogen-bond acceptors (Lipinski definition) is 6. The first kappa shape index (κ1) is 21.3. The normalized spacial score (nSPS) is 16.2. The van der Waals surface area contributed by atoms with Crippen LogP contribution >= 0.6 is 0 Å². The molecule has 6 rings (SSSR count). The van der Waals surface area contributed by atoms with Crippen molar-refractivity contribution in [2.24, 2.45) is 12.8 Å². The summed E-state index contributed by atoms with van der Waals surface area (Å²) in [5, 5.41) is 14.5. The van der Waals surface area contributed by atoms with Crippen LogP contribution in [0.1, 0.15) is 18.4 Å². The molecule has 0 saturated carbocycles. The number of piperidine rings is 1. The number of hydrogen-bond donors (Lipinski definition) is 1. The Hall–Kier alpha value is -4.29. The van der Waals surface area contributed by atoms with E-state index in [1.807, 2.05) is 46.7 Å². The number of anilines is 1. The highest BCUT2D eigenvalue weighted by Gasteiger charge is 2.24. The van der Waals surface area contributed by atoms with E-state index in [4.69, 9.17) is 10.7 Å². The summed E-state index contributed by atoms with van der Waals surface area (Å²) in [6.07, 6.45) is 7.44.